The van der Waals surface area contributed by atoms with Crippen LogP contribution < -0.4 is 0 Å². The molecular formula is C12H18O3. The Kier molecular flexibility index (Phi) is 3.05. The van der Waals surface area contributed by atoms with Gasteiger partial charge < -0.3 is 9.47 Å². The summed E-state index contributed by atoms with van der Waals surface area (Å²) in [5, 5.41) is 0. The Bertz CT molecular complexity index is 339. The third-order valence-electron chi connectivity index (χ3n) is 2.58. The topological polar surface area (TPSA) is 35.5 Å². The zero-order chi connectivity index (χ0) is 11.8. The van der Waals surface area contributed by atoms with E-state index in [0.29, 0.717) is 16.9 Å². The fourth-order valence-electron chi connectivity index (χ4n) is 1.83. The van der Waals surface area contributed by atoms with Gasteiger partial charge in [0.05, 0.1) is 6.10 Å². The highest BCUT2D eigenvalue weighted by Gasteiger charge is 2.55. The molecule has 1 aliphatic rings. The molecule has 84 valence electrons. The minimum atomic E-state index is -1.03. The quantitative estimate of drug-likeness (QED) is 0.667. The van der Waals surface area contributed by atoms with Gasteiger partial charge in [-0.1, -0.05) is 6.58 Å². The van der Waals surface area contributed by atoms with Crippen LogP contribution in [0.1, 0.15) is 27.7 Å². The van der Waals surface area contributed by atoms with Crippen LogP contribution in [0, 0.1) is 0 Å². The van der Waals surface area contributed by atoms with Gasteiger partial charge in [0.1, 0.15) is 5.76 Å². The summed E-state index contributed by atoms with van der Waals surface area (Å²) in [6.07, 6.45) is 0.0249. The molecule has 1 atom stereocenters. The van der Waals surface area contributed by atoms with Crippen LogP contribution in [-0.4, -0.2) is 24.6 Å². The lowest BCUT2D eigenvalue weighted by molar-refractivity contribution is -0.140. The van der Waals surface area contributed by atoms with E-state index in [4.69, 9.17) is 9.47 Å². The van der Waals surface area contributed by atoms with Crippen LogP contribution in [-0.2, 0) is 14.3 Å². The molecule has 0 N–H and O–H groups in total. The number of hydrogen-bond donors (Lipinski definition) is 0. The van der Waals surface area contributed by atoms with E-state index in [1.54, 1.807) is 13.8 Å². The van der Waals surface area contributed by atoms with Crippen LogP contribution >= 0.6 is 0 Å². The van der Waals surface area contributed by atoms with Gasteiger partial charge in [0.15, 0.2) is 0 Å². The van der Waals surface area contributed by atoms with Gasteiger partial charge in [-0.15, -0.1) is 0 Å². The minimum absolute atomic E-state index is 0.0249. The maximum atomic E-state index is 11.8. The molecular weight excluding hydrogens is 192 g/mol. The van der Waals surface area contributed by atoms with Crippen molar-refractivity contribution < 1.29 is 14.3 Å². The van der Waals surface area contributed by atoms with Gasteiger partial charge in [-0.3, -0.25) is 4.79 Å². The zero-order valence-corrected chi connectivity index (χ0v) is 10.0. The molecule has 1 aliphatic carbocycles. The SMILES string of the molecule is C=C(C)C1(OC)C(=O)C(C)=C1OC(C)C. The van der Waals surface area contributed by atoms with Crippen LogP contribution in [0.3, 0.4) is 0 Å². The van der Waals surface area contributed by atoms with Crippen LogP contribution in [0.5, 0.6) is 0 Å². The second kappa shape index (κ2) is 3.81. The number of ketones is 1. The van der Waals surface area contributed by atoms with Crippen molar-refractivity contribution in [1.29, 1.82) is 0 Å². The lowest BCUT2D eigenvalue weighted by Gasteiger charge is -2.42. The van der Waals surface area contributed by atoms with Gasteiger partial charge in [-0.2, -0.15) is 0 Å². The van der Waals surface area contributed by atoms with E-state index in [1.165, 1.54) is 7.11 Å². The summed E-state index contributed by atoms with van der Waals surface area (Å²) in [7, 11) is 1.50. The number of Topliss-reactive ketones (excluding diaryl/α,β-unsaturated/α-hetero) is 1. The molecule has 0 aromatic rings. The Hall–Kier alpha value is -1.09. The highest BCUT2D eigenvalue weighted by atomic mass is 16.6. The summed E-state index contributed by atoms with van der Waals surface area (Å²) >= 11 is 0. The number of hydrogen-bond acceptors (Lipinski definition) is 3. The average molecular weight is 210 g/mol. The molecule has 0 saturated carbocycles. The molecule has 0 spiro atoms. The number of carbonyl (C=O) groups is 1. The lowest BCUT2D eigenvalue weighted by atomic mass is 9.74. The van der Waals surface area contributed by atoms with Crippen molar-refractivity contribution in [2.24, 2.45) is 0 Å². The van der Waals surface area contributed by atoms with E-state index < -0.39 is 5.60 Å². The Morgan fingerprint density at radius 1 is 1.47 bits per heavy atom. The number of methoxy groups -OCH3 is 1. The first kappa shape index (κ1) is 12.0. The van der Waals surface area contributed by atoms with E-state index in [1.807, 2.05) is 13.8 Å². The highest BCUT2D eigenvalue weighted by Crippen LogP contribution is 2.43. The Morgan fingerprint density at radius 3 is 2.33 bits per heavy atom. The normalized spacial score (nSPS) is 25.6. The monoisotopic (exact) mass is 210 g/mol. The van der Waals surface area contributed by atoms with E-state index in [0.717, 1.165) is 0 Å². The first-order valence-corrected chi connectivity index (χ1v) is 5.01. The number of ether oxygens (including phenoxy) is 2. The summed E-state index contributed by atoms with van der Waals surface area (Å²) in [5.41, 5.74) is 0.263. The van der Waals surface area contributed by atoms with Crippen molar-refractivity contribution in [2.75, 3.05) is 7.11 Å². The van der Waals surface area contributed by atoms with E-state index in [-0.39, 0.29) is 11.9 Å². The molecule has 0 aromatic carbocycles. The van der Waals surface area contributed by atoms with Gasteiger partial charge in [0.25, 0.3) is 0 Å². The Balaban J connectivity index is 3.12. The molecule has 0 aliphatic heterocycles. The third-order valence-corrected chi connectivity index (χ3v) is 2.58. The first-order chi connectivity index (χ1) is 6.87. The predicted octanol–water partition coefficient (Wildman–Crippen LogP) is 2.23. The summed E-state index contributed by atoms with van der Waals surface area (Å²) < 4.78 is 10.9. The molecule has 3 heteroatoms. The number of rotatable bonds is 4. The fourth-order valence-corrected chi connectivity index (χ4v) is 1.83. The standard InChI is InChI=1S/C12H18O3/c1-7(2)12(14-6)10(13)9(5)11(12)15-8(3)4/h8H,1H2,2-6H3. The van der Waals surface area contributed by atoms with Crippen molar-refractivity contribution in [3.8, 4) is 0 Å². The van der Waals surface area contributed by atoms with Crippen LogP contribution in [0.25, 0.3) is 0 Å². The van der Waals surface area contributed by atoms with Crippen molar-refractivity contribution >= 4 is 5.78 Å². The summed E-state index contributed by atoms with van der Waals surface area (Å²) in [6, 6.07) is 0. The molecule has 0 fully saturated rings. The Labute approximate surface area is 90.8 Å². The molecule has 0 bridgehead atoms. The molecule has 1 rings (SSSR count). The van der Waals surface area contributed by atoms with Crippen molar-refractivity contribution in [2.45, 2.75) is 39.4 Å². The predicted molar refractivity (Wildman–Crippen MR) is 58.5 cm³/mol. The largest absolute Gasteiger partial charge is 0.491 e. The molecule has 1 unspecified atom stereocenters. The molecule has 0 heterocycles. The van der Waals surface area contributed by atoms with E-state index in [9.17, 15) is 4.79 Å². The second-order valence-corrected chi connectivity index (χ2v) is 4.12. The van der Waals surface area contributed by atoms with Gasteiger partial charge in [-0.05, 0) is 33.3 Å². The van der Waals surface area contributed by atoms with Crippen molar-refractivity contribution in [3.63, 3.8) is 0 Å². The third kappa shape index (κ3) is 1.51. The first-order valence-electron chi connectivity index (χ1n) is 5.01. The summed E-state index contributed by atoms with van der Waals surface area (Å²) in [4.78, 5) is 11.8. The molecule has 3 nitrogen and oxygen atoms in total. The van der Waals surface area contributed by atoms with E-state index >= 15 is 0 Å². The van der Waals surface area contributed by atoms with Gasteiger partial charge in [0, 0.05) is 12.7 Å². The maximum Gasteiger partial charge on any atom is 0.208 e. The lowest BCUT2D eigenvalue weighted by Crippen LogP contribution is -2.53. The smallest absolute Gasteiger partial charge is 0.208 e. The maximum absolute atomic E-state index is 11.8. The molecule has 0 saturated heterocycles. The van der Waals surface area contributed by atoms with Gasteiger partial charge in [0.2, 0.25) is 11.4 Å². The van der Waals surface area contributed by atoms with Crippen molar-refractivity contribution in [3.05, 3.63) is 23.5 Å². The van der Waals surface area contributed by atoms with Crippen LogP contribution in [0.15, 0.2) is 23.5 Å². The van der Waals surface area contributed by atoms with Gasteiger partial charge in [-0.25, -0.2) is 0 Å². The van der Waals surface area contributed by atoms with Crippen LogP contribution in [0.4, 0.5) is 0 Å². The Morgan fingerprint density at radius 2 is 2.00 bits per heavy atom. The summed E-state index contributed by atoms with van der Waals surface area (Å²) in [5.74, 6) is 0.561. The average Bonchev–Trinajstić information content (AvgIpc) is 2.16. The zero-order valence-electron chi connectivity index (χ0n) is 10.0. The minimum Gasteiger partial charge on any atom is -0.491 e. The number of carbonyl (C=O) groups excluding carboxylic acids is 1. The molecule has 0 radical (unpaired) electrons. The highest BCUT2D eigenvalue weighted by molar-refractivity contribution is 6.13. The summed E-state index contributed by atoms with van der Waals surface area (Å²) in [6.45, 7) is 11.2. The van der Waals surface area contributed by atoms with Crippen molar-refractivity contribution in [1.82, 2.24) is 0 Å². The fraction of sp³-hybridized carbons (Fsp3) is 0.583. The van der Waals surface area contributed by atoms with Crippen LogP contribution in [0.2, 0.25) is 0 Å². The molecule has 15 heavy (non-hydrogen) atoms. The van der Waals surface area contributed by atoms with Gasteiger partial charge >= 0.3 is 0 Å². The molecule has 0 amide bonds. The molecule has 0 aromatic heterocycles. The second-order valence-electron chi connectivity index (χ2n) is 4.12. The van der Waals surface area contributed by atoms with E-state index in [2.05, 4.69) is 6.58 Å².